The Labute approximate surface area is 165 Å². The van der Waals surface area contributed by atoms with Crippen LogP contribution in [0.15, 0.2) is 41.5 Å². The molecule has 1 aromatic heterocycles. The van der Waals surface area contributed by atoms with Crippen molar-refractivity contribution in [3.05, 3.63) is 48.0 Å². The highest BCUT2D eigenvalue weighted by atomic mass is 127. The van der Waals surface area contributed by atoms with Crippen molar-refractivity contribution in [3.8, 4) is 0 Å². The fourth-order valence-electron chi connectivity index (χ4n) is 2.37. The molecule has 8 heteroatoms. The molecule has 0 spiro atoms. The van der Waals surface area contributed by atoms with Gasteiger partial charge in [-0.15, -0.1) is 24.0 Å². The zero-order chi connectivity index (χ0) is 17.4. The van der Waals surface area contributed by atoms with Gasteiger partial charge in [-0.05, 0) is 24.6 Å². The second-order valence-corrected chi connectivity index (χ2v) is 5.53. The van der Waals surface area contributed by atoms with Gasteiger partial charge in [-0.2, -0.15) is 5.10 Å². The number of para-hydroxylation sites is 1. The number of aliphatic imine (C=N–C) groups is 1. The van der Waals surface area contributed by atoms with Crippen molar-refractivity contribution in [3.63, 3.8) is 0 Å². The number of aromatic nitrogens is 2. The number of aryl methyl sites for hydroxylation is 1. The first kappa shape index (κ1) is 21.2. The summed E-state index contributed by atoms with van der Waals surface area (Å²) < 4.78 is 15.5. The highest BCUT2D eigenvalue weighted by Gasteiger charge is 2.06. The van der Waals surface area contributed by atoms with Gasteiger partial charge in [0.1, 0.15) is 5.82 Å². The van der Waals surface area contributed by atoms with Gasteiger partial charge >= 0.3 is 0 Å². The number of anilines is 1. The lowest BCUT2D eigenvalue weighted by atomic mass is 10.2. The standard InChI is InChI=1S/C17H25FN6.HI/c1-19-17(21-13-14-9-11-22-24(14)3)20-10-6-12-23(2)16-8-5-4-7-15(16)18;/h4-5,7-9,11H,6,10,12-13H2,1-3H3,(H2,19,20,21);1H. The Hall–Kier alpha value is -1.84. The summed E-state index contributed by atoms with van der Waals surface area (Å²) in [6.45, 7) is 2.17. The maximum Gasteiger partial charge on any atom is 0.191 e. The van der Waals surface area contributed by atoms with Gasteiger partial charge in [0, 0.05) is 40.4 Å². The van der Waals surface area contributed by atoms with Crippen LogP contribution in [0, 0.1) is 5.82 Å². The average Bonchev–Trinajstić information content (AvgIpc) is 2.99. The first-order valence-corrected chi connectivity index (χ1v) is 7.99. The second kappa shape index (κ2) is 10.9. The van der Waals surface area contributed by atoms with Crippen LogP contribution in [0.3, 0.4) is 0 Å². The van der Waals surface area contributed by atoms with Crippen LogP contribution in [0.5, 0.6) is 0 Å². The molecular weight excluding hydrogens is 434 g/mol. The topological polar surface area (TPSA) is 57.5 Å². The molecule has 0 saturated heterocycles. The van der Waals surface area contributed by atoms with E-state index in [1.165, 1.54) is 6.07 Å². The summed E-state index contributed by atoms with van der Waals surface area (Å²) in [5, 5.41) is 10.6. The van der Waals surface area contributed by atoms with Gasteiger partial charge in [0.05, 0.1) is 17.9 Å². The summed E-state index contributed by atoms with van der Waals surface area (Å²) in [4.78, 5) is 6.12. The number of nitrogens with zero attached hydrogens (tertiary/aromatic N) is 4. The average molecular weight is 460 g/mol. The summed E-state index contributed by atoms with van der Waals surface area (Å²) in [6.07, 6.45) is 2.64. The Balaban J connectivity index is 0.00000312. The van der Waals surface area contributed by atoms with Crippen molar-refractivity contribution < 1.29 is 4.39 Å². The lowest BCUT2D eigenvalue weighted by molar-refractivity contribution is 0.619. The molecule has 0 fully saturated rings. The molecule has 0 amide bonds. The zero-order valence-electron chi connectivity index (χ0n) is 14.9. The van der Waals surface area contributed by atoms with Crippen molar-refractivity contribution in [1.82, 2.24) is 20.4 Å². The van der Waals surface area contributed by atoms with E-state index in [0.29, 0.717) is 12.2 Å². The van der Waals surface area contributed by atoms with E-state index in [-0.39, 0.29) is 29.8 Å². The van der Waals surface area contributed by atoms with E-state index in [1.54, 1.807) is 25.4 Å². The fourth-order valence-corrected chi connectivity index (χ4v) is 2.37. The summed E-state index contributed by atoms with van der Waals surface area (Å²) in [5.41, 5.74) is 1.70. The van der Waals surface area contributed by atoms with Crippen LogP contribution in [0.2, 0.25) is 0 Å². The van der Waals surface area contributed by atoms with Crippen LogP contribution < -0.4 is 15.5 Å². The molecule has 0 bridgehead atoms. The molecule has 0 aliphatic heterocycles. The molecule has 0 saturated carbocycles. The largest absolute Gasteiger partial charge is 0.372 e. The summed E-state index contributed by atoms with van der Waals surface area (Å²) in [7, 11) is 5.55. The second-order valence-electron chi connectivity index (χ2n) is 5.53. The summed E-state index contributed by atoms with van der Waals surface area (Å²) in [5.74, 6) is 0.548. The molecule has 0 aliphatic rings. The predicted molar refractivity (Wildman–Crippen MR) is 111 cm³/mol. The van der Waals surface area contributed by atoms with Crippen LogP contribution >= 0.6 is 24.0 Å². The molecule has 138 valence electrons. The Kier molecular flexibility index (Phi) is 9.25. The maximum atomic E-state index is 13.7. The van der Waals surface area contributed by atoms with E-state index in [1.807, 2.05) is 35.8 Å². The molecule has 0 unspecified atom stereocenters. The van der Waals surface area contributed by atoms with Crippen LogP contribution in [0.4, 0.5) is 10.1 Å². The number of nitrogens with one attached hydrogen (secondary N) is 2. The van der Waals surface area contributed by atoms with E-state index < -0.39 is 0 Å². The number of hydrogen-bond donors (Lipinski definition) is 2. The summed E-state index contributed by atoms with van der Waals surface area (Å²) in [6, 6.07) is 8.78. The fraction of sp³-hybridized carbons (Fsp3) is 0.412. The lowest BCUT2D eigenvalue weighted by Crippen LogP contribution is -2.38. The van der Waals surface area contributed by atoms with Crippen LogP contribution in [0.25, 0.3) is 0 Å². The molecule has 2 N–H and O–H groups in total. The summed E-state index contributed by atoms with van der Waals surface area (Å²) >= 11 is 0. The Bertz CT molecular complexity index is 673. The van der Waals surface area contributed by atoms with Gasteiger partial charge in [-0.25, -0.2) is 4.39 Å². The third kappa shape index (κ3) is 6.52. The minimum Gasteiger partial charge on any atom is -0.372 e. The lowest BCUT2D eigenvalue weighted by Gasteiger charge is -2.20. The van der Waals surface area contributed by atoms with Gasteiger partial charge in [0.25, 0.3) is 0 Å². The van der Waals surface area contributed by atoms with Gasteiger partial charge in [-0.3, -0.25) is 9.67 Å². The van der Waals surface area contributed by atoms with E-state index in [9.17, 15) is 4.39 Å². The van der Waals surface area contributed by atoms with Crippen molar-refractivity contribution in [2.45, 2.75) is 13.0 Å². The van der Waals surface area contributed by atoms with Gasteiger partial charge in [0.2, 0.25) is 0 Å². The van der Waals surface area contributed by atoms with Gasteiger partial charge < -0.3 is 15.5 Å². The number of rotatable bonds is 7. The first-order valence-electron chi connectivity index (χ1n) is 7.99. The van der Waals surface area contributed by atoms with E-state index >= 15 is 0 Å². The number of halogens is 2. The van der Waals surface area contributed by atoms with Crippen LogP contribution in [-0.2, 0) is 13.6 Å². The van der Waals surface area contributed by atoms with Crippen molar-refractivity contribution in [1.29, 1.82) is 0 Å². The predicted octanol–water partition coefficient (Wildman–Crippen LogP) is 2.37. The minimum atomic E-state index is -0.193. The third-order valence-corrected chi connectivity index (χ3v) is 3.81. The van der Waals surface area contributed by atoms with Crippen LogP contribution in [-0.4, -0.2) is 42.9 Å². The van der Waals surface area contributed by atoms with Crippen molar-refractivity contribution >= 4 is 35.6 Å². The monoisotopic (exact) mass is 460 g/mol. The molecule has 0 aliphatic carbocycles. The normalized spacial score (nSPS) is 11.0. The number of guanidine groups is 1. The van der Waals surface area contributed by atoms with Crippen LogP contribution in [0.1, 0.15) is 12.1 Å². The molecule has 6 nitrogen and oxygen atoms in total. The molecule has 25 heavy (non-hydrogen) atoms. The quantitative estimate of drug-likeness (QED) is 0.289. The minimum absolute atomic E-state index is 0. The third-order valence-electron chi connectivity index (χ3n) is 3.81. The molecule has 0 radical (unpaired) electrons. The van der Waals surface area contributed by atoms with E-state index in [0.717, 1.165) is 31.2 Å². The molecule has 0 atom stereocenters. The van der Waals surface area contributed by atoms with Crippen molar-refractivity contribution in [2.24, 2.45) is 12.0 Å². The highest BCUT2D eigenvalue weighted by Crippen LogP contribution is 2.16. The first-order chi connectivity index (χ1) is 11.6. The number of hydrogen-bond acceptors (Lipinski definition) is 3. The van der Waals surface area contributed by atoms with E-state index in [2.05, 4.69) is 20.7 Å². The Morgan fingerprint density at radius 1 is 1.28 bits per heavy atom. The van der Waals surface area contributed by atoms with Crippen molar-refractivity contribution in [2.75, 3.05) is 32.1 Å². The Morgan fingerprint density at radius 2 is 2.04 bits per heavy atom. The highest BCUT2D eigenvalue weighted by molar-refractivity contribution is 14.0. The molecule has 2 rings (SSSR count). The molecule has 1 heterocycles. The van der Waals surface area contributed by atoms with E-state index in [4.69, 9.17) is 0 Å². The molecule has 1 aromatic carbocycles. The molecular formula is C17H26FIN6. The smallest absolute Gasteiger partial charge is 0.191 e. The van der Waals surface area contributed by atoms with Gasteiger partial charge in [0.15, 0.2) is 5.96 Å². The zero-order valence-corrected chi connectivity index (χ0v) is 17.2. The maximum absolute atomic E-state index is 13.7. The SMILES string of the molecule is CN=C(NCCCN(C)c1ccccc1F)NCc1ccnn1C.I. The molecule has 2 aromatic rings. The number of benzene rings is 1. The Morgan fingerprint density at radius 3 is 2.68 bits per heavy atom. The van der Waals surface area contributed by atoms with Gasteiger partial charge in [-0.1, -0.05) is 12.1 Å².